The highest BCUT2D eigenvalue weighted by Crippen LogP contribution is 2.20. The minimum atomic E-state index is -0.325. The van der Waals surface area contributed by atoms with E-state index < -0.39 is 0 Å². The molecule has 0 atom stereocenters. The van der Waals surface area contributed by atoms with Crippen LogP contribution in [-0.4, -0.2) is 21.5 Å². The number of rotatable bonds is 2. The van der Waals surface area contributed by atoms with Crippen LogP contribution in [0.4, 0.5) is 11.6 Å². The van der Waals surface area contributed by atoms with Crippen molar-refractivity contribution in [2.24, 2.45) is 0 Å². The molecule has 0 saturated carbocycles. The minimum absolute atomic E-state index is 0.325. The number of aromatic nitrogens is 3. The van der Waals surface area contributed by atoms with Crippen molar-refractivity contribution >= 4 is 11.6 Å². The van der Waals surface area contributed by atoms with Gasteiger partial charge in [0.05, 0.1) is 0 Å². The third kappa shape index (κ3) is 2.10. The monoisotopic (exact) mass is 243 g/mol. The van der Waals surface area contributed by atoms with Crippen LogP contribution in [0.1, 0.15) is 11.3 Å². The van der Waals surface area contributed by atoms with E-state index in [2.05, 4.69) is 25.6 Å². The number of anilines is 2. The van der Waals surface area contributed by atoms with Gasteiger partial charge in [-0.3, -0.25) is 0 Å². The van der Waals surface area contributed by atoms with Crippen LogP contribution in [0.2, 0.25) is 0 Å². The van der Waals surface area contributed by atoms with Crippen LogP contribution in [0.3, 0.4) is 0 Å². The van der Waals surface area contributed by atoms with E-state index >= 15 is 0 Å². The second-order valence-corrected chi connectivity index (χ2v) is 4.11. The van der Waals surface area contributed by atoms with E-state index in [1.165, 1.54) is 0 Å². The van der Waals surface area contributed by atoms with Gasteiger partial charge in [0.1, 0.15) is 11.6 Å². The molecular formula is C12H13N5O. The topological polar surface area (TPSA) is 82.7 Å². The summed E-state index contributed by atoms with van der Waals surface area (Å²) in [5.74, 6) is 1.27. The van der Waals surface area contributed by atoms with Crippen molar-refractivity contribution in [3.8, 4) is 0 Å². The van der Waals surface area contributed by atoms with Crippen molar-refractivity contribution in [3.63, 3.8) is 0 Å². The third-order valence-corrected chi connectivity index (χ3v) is 2.89. The van der Waals surface area contributed by atoms with Crippen LogP contribution in [0, 0.1) is 0 Å². The molecule has 3 rings (SSSR count). The fourth-order valence-electron chi connectivity index (χ4n) is 2.04. The van der Waals surface area contributed by atoms with Crippen molar-refractivity contribution < 1.29 is 0 Å². The molecule has 0 aliphatic carbocycles. The Hall–Kier alpha value is -2.21. The predicted molar refractivity (Wildman–Crippen MR) is 67.8 cm³/mol. The molecule has 0 saturated heterocycles. The molecule has 1 aliphatic rings. The quantitative estimate of drug-likeness (QED) is 0.717. The average molecular weight is 243 g/mol. The van der Waals surface area contributed by atoms with Crippen LogP contribution < -0.4 is 16.3 Å². The smallest absolute Gasteiger partial charge is 0.324 e. The highest BCUT2D eigenvalue weighted by molar-refractivity contribution is 5.56. The number of hydrogen-bond donors (Lipinski definition) is 3. The van der Waals surface area contributed by atoms with Crippen LogP contribution in [0.5, 0.6) is 0 Å². The third-order valence-electron chi connectivity index (χ3n) is 2.89. The van der Waals surface area contributed by atoms with E-state index in [-0.39, 0.29) is 5.69 Å². The lowest BCUT2D eigenvalue weighted by atomic mass is 10.1. The zero-order valence-corrected chi connectivity index (χ0v) is 9.73. The predicted octanol–water partition coefficient (Wildman–Crippen LogP) is 0.554. The van der Waals surface area contributed by atoms with Gasteiger partial charge in [-0.2, -0.15) is 4.98 Å². The number of hydrogen-bond acceptors (Lipinski definition) is 5. The summed E-state index contributed by atoms with van der Waals surface area (Å²) in [6.45, 7) is 1.57. The number of fused-ring (bicyclic) bond motifs is 1. The van der Waals surface area contributed by atoms with Gasteiger partial charge in [0, 0.05) is 37.0 Å². The van der Waals surface area contributed by atoms with Crippen LogP contribution in [-0.2, 0) is 13.0 Å². The number of nitrogens with zero attached hydrogens (tertiary/aromatic N) is 2. The molecule has 2 aromatic rings. The summed E-state index contributed by atoms with van der Waals surface area (Å²) in [5.41, 5.74) is 1.63. The highest BCUT2D eigenvalue weighted by Gasteiger charge is 2.15. The summed E-state index contributed by atoms with van der Waals surface area (Å²) in [6, 6.07) is 5.56. The highest BCUT2D eigenvalue weighted by atomic mass is 16.1. The molecule has 0 unspecified atom stereocenters. The summed E-state index contributed by atoms with van der Waals surface area (Å²) < 4.78 is 0. The van der Waals surface area contributed by atoms with E-state index in [0.29, 0.717) is 18.2 Å². The van der Waals surface area contributed by atoms with Gasteiger partial charge in [0.25, 0.3) is 0 Å². The standard InChI is InChI=1S/C12H13N5O/c18-12-15-9-4-6-13-7-8(9)11(17-12)16-10-3-1-2-5-14-10/h1-3,5,13H,4,6-7H2,(H2,14,15,16,17,18). The van der Waals surface area contributed by atoms with Crippen LogP contribution >= 0.6 is 0 Å². The maximum Gasteiger partial charge on any atom is 0.347 e. The zero-order chi connectivity index (χ0) is 12.4. The first-order chi connectivity index (χ1) is 8.83. The number of nitrogens with one attached hydrogen (secondary N) is 3. The van der Waals surface area contributed by atoms with Gasteiger partial charge in [-0.1, -0.05) is 6.07 Å². The molecule has 3 heterocycles. The van der Waals surface area contributed by atoms with Gasteiger partial charge in [0.2, 0.25) is 0 Å². The molecule has 6 nitrogen and oxygen atoms in total. The molecule has 18 heavy (non-hydrogen) atoms. The van der Waals surface area contributed by atoms with Gasteiger partial charge >= 0.3 is 5.69 Å². The van der Waals surface area contributed by atoms with Crippen molar-refractivity contribution in [2.75, 3.05) is 11.9 Å². The van der Waals surface area contributed by atoms with Crippen LogP contribution in [0.25, 0.3) is 0 Å². The Morgan fingerprint density at radius 3 is 3.11 bits per heavy atom. The van der Waals surface area contributed by atoms with Crippen molar-refractivity contribution in [1.82, 2.24) is 20.3 Å². The van der Waals surface area contributed by atoms with E-state index in [0.717, 1.165) is 24.2 Å². The van der Waals surface area contributed by atoms with Crippen LogP contribution in [0.15, 0.2) is 29.2 Å². The molecule has 6 heteroatoms. The Morgan fingerprint density at radius 1 is 1.33 bits per heavy atom. The van der Waals surface area contributed by atoms with Crippen molar-refractivity contribution in [2.45, 2.75) is 13.0 Å². The number of H-pyrrole nitrogens is 1. The molecule has 1 aliphatic heterocycles. The molecule has 0 radical (unpaired) electrons. The molecular weight excluding hydrogens is 230 g/mol. The summed E-state index contributed by atoms with van der Waals surface area (Å²) >= 11 is 0. The minimum Gasteiger partial charge on any atom is -0.324 e. The maximum atomic E-state index is 11.5. The lowest BCUT2D eigenvalue weighted by Crippen LogP contribution is -2.29. The lowest BCUT2D eigenvalue weighted by Gasteiger charge is -2.19. The second kappa shape index (κ2) is 4.58. The fourth-order valence-corrected chi connectivity index (χ4v) is 2.04. The average Bonchev–Trinajstić information content (AvgIpc) is 2.40. The molecule has 0 bridgehead atoms. The summed E-state index contributed by atoms with van der Waals surface area (Å²) in [7, 11) is 0. The Kier molecular flexibility index (Phi) is 2.77. The molecule has 2 aromatic heterocycles. The fraction of sp³-hybridized carbons (Fsp3) is 0.250. The summed E-state index contributed by atoms with van der Waals surface area (Å²) in [4.78, 5) is 22.4. The summed E-state index contributed by atoms with van der Waals surface area (Å²) in [6.07, 6.45) is 2.50. The summed E-state index contributed by atoms with van der Waals surface area (Å²) in [5, 5.41) is 6.35. The van der Waals surface area contributed by atoms with Crippen molar-refractivity contribution in [3.05, 3.63) is 46.1 Å². The Morgan fingerprint density at radius 2 is 2.28 bits per heavy atom. The molecule has 0 fully saturated rings. The Balaban J connectivity index is 2.01. The first kappa shape index (κ1) is 10.9. The van der Waals surface area contributed by atoms with E-state index in [1.807, 2.05) is 18.2 Å². The van der Waals surface area contributed by atoms with Crippen molar-refractivity contribution in [1.29, 1.82) is 0 Å². The van der Waals surface area contributed by atoms with Gasteiger partial charge < -0.3 is 15.6 Å². The lowest BCUT2D eigenvalue weighted by molar-refractivity contribution is 0.624. The van der Waals surface area contributed by atoms with Gasteiger partial charge in [0.15, 0.2) is 0 Å². The number of pyridine rings is 1. The SMILES string of the molecule is O=c1nc(Nc2ccccn2)c2c([nH]1)CCNC2. The molecule has 3 N–H and O–H groups in total. The Labute approximate surface area is 103 Å². The first-order valence-corrected chi connectivity index (χ1v) is 5.84. The zero-order valence-electron chi connectivity index (χ0n) is 9.73. The number of aromatic amines is 1. The van der Waals surface area contributed by atoms with Gasteiger partial charge in [-0.25, -0.2) is 9.78 Å². The largest absolute Gasteiger partial charge is 0.347 e. The van der Waals surface area contributed by atoms with Gasteiger partial charge in [-0.05, 0) is 12.1 Å². The second-order valence-electron chi connectivity index (χ2n) is 4.11. The normalized spacial score (nSPS) is 14.0. The van der Waals surface area contributed by atoms with E-state index in [9.17, 15) is 4.79 Å². The maximum absolute atomic E-state index is 11.5. The van der Waals surface area contributed by atoms with E-state index in [4.69, 9.17) is 0 Å². The van der Waals surface area contributed by atoms with Gasteiger partial charge in [-0.15, -0.1) is 0 Å². The van der Waals surface area contributed by atoms with E-state index in [1.54, 1.807) is 6.20 Å². The molecule has 92 valence electrons. The molecule has 0 spiro atoms. The molecule has 0 amide bonds. The molecule has 0 aromatic carbocycles. The first-order valence-electron chi connectivity index (χ1n) is 5.84. The Bertz CT molecular complexity index is 608.